The van der Waals surface area contributed by atoms with Crippen molar-refractivity contribution in [2.45, 2.75) is 58.1 Å². The van der Waals surface area contributed by atoms with Crippen LogP contribution in [0.4, 0.5) is 15.2 Å². The summed E-state index contributed by atoms with van der Waals surface area (Å²) in [5.74, 6) is -1.53. The molecule has 1 saturated carbocycles. The van der Waals surface area contributed by atoms with Crippen molar-refractivity contribution in [1.29, 1.82) is 0 Å². The van der Waals surface area contributed by atoms with Gasteiger partial charge in [0, 0.05) is 25.1 Å². The lowest BCUT2D eigenvalue weighted by molar-refractivity contribution is -0.130. The van der Waals surface area contributed by atoms with Gasteiger partial charge >= 0.3 is 16.3 Å². The van der Waals surface area contributed by atoms with E-state index in [1.54, 1.807) is 25.5 Å². The SMILES string of the molecule is CN(C(=O)C1CCC(Nc2nc3ccc(F)cc3o2)CC1)S(=O)(=O)NC(=O)OC(C)(C)C. The van der Waals surface area contributed by atoms with Gasteiger partial charge in [-0.05, 0) is 58.6 Å². The van der Waals surface area contributed by atoms with E-state index in [1.165, 1.54) is 18.2 Å². The van der Waals surface area contributed by atoms with Crippen LogP contribution in [0.15, 0.2) is 22.6 Å². The van der Waals surface area contributed by atoms with Gasteiger partial charge in [0.2, 0.25) is 5.91 Å². The van der Waals surface area contributed by atoms with Gasteiger partial charge in [-0.15, -0.1) is 0 Å². The van der Waals surface area contributed by atoms with E-state index in [0.717, 1.165) is 7.05 Å². The minimum atomic E-state index is -4.37. The van der Waals surface area contributed by atoms with Crippen LogP contribution < -0.4 is 10.0 Å². The predicted molar refractivity (Wildman–Crippen MR) is 114 cm³/mol. The van der Waals surface area contributed by atoms with Gasteiger partial charge in [-0.25, -0.2) is 18.2 Å². The lowest BCUT2D eigenvalue weighted by atomic mass is 9.85. The molecule has 0 saturated heterocycles. The lowest BCUT2D eigenvalue weighted by Crippen LogP contribution is -2.48. The van der Waals surface area contributed by atoms with Crippen molar-refractivity contribution in [3.63, 3.8) is 0 Å². The summed E-state index contributed by atoms with van der Waals surface area (Å²) in [5, 5.41) is 3.14. The summed E-state index contributed by atoms with van der Waals surface area (Å²) < 4.78 is 50.8. The number of ether oxygens (including phenoxy) is 1. The molecule has 2 amide bonds. The number of nitrogens with one attached hydrogen (secondary N) is 2. The third-order valence-corrected chi connectivity index (χ3v) is 6.36. The molecule has 1 aromatic heterocycles. The maximum atomic E-state index is 13.3. The first-order valence-electron chi connectivity index (χ1n) is 10.2. The van der Waals surface area contributed by atoms with E-state index in [9.17, 15) is 22.4 Å². The molecule has 32 heavy (non-hydrogen) atoms. The minimum absolute atomic E-state index is 0.0289. The third kappa shape index (κ3) is 5.87. The van der Waals surface area contributed by atoms with E-state index in [-0.39, 0.29) is 12.1 Å². The second-order valence-electron chi connectivity index (χ2n) is 8.74. The van der Waals surface area contributed by atoms with Gasteiger partial charge in [-0.2, -0.15) is 13.4 Å². The minimum Gasteiger partial charge on any atom is -0.443 e. The first kappa shape index (κ1) is 23.8. The van der Waals surface area contributed by atoms with E-state index >= 15 is 0 Å². The largest absolute Gasteiger partial charge is 0.443 e. The molecule has 1 aromatic carbocycles. The number of aromatic nitrogens is 1. The summed E-state index contributed by atoms with van der Waals surface area (Å²) >= 11 is 0. The number of halogens is 1. The predicted octanol–water partition coefficient (Wildman–Crippen LogP) is 3.17. The smallest absolute Gasteiger partial charge is 0.422 e. The van der Waals surface area contributed by atoms with Crippen molar-refractivity contribution in [1.82, 2.24) is 14.0 Å². The number of carbonyl (C=O) groups excluding carboxylic acids is 2. The van der Waals surface area contributed by atoms with Gasteiger partial charge in [-0.3, -0.25) is 4.79 Å². The van der Waals surface area contributed by atoms with Crippen LogP contribution in [0.5, 0.6) is 0 Å². The van der Waals surface area contributed by atoms with Gasteiger partial charge in [0.25, 0.3) is 6.01 Å². The molecule has 10 nitrogen and oxygen atoms in total. The second kappa shape index (κ2) is 8.93. The van der Waals surface area contributed by atoms with E-state index in [4.69, 9.17) is 9.15 Å². The summed E-state index contributed by atoms with van der Waals surface area (Å²) in [6.45, 7) is 4.79. The van der Waals surface area contributed by atoms with E-state index in [2.05, 4.69) is 10.3 Å². The fraction of sp³-hybridized carbons (Fsp3) is 0.550. The van der Waals surface area contributed by atoms with Crippen LogP contribution >= 0.6 is 0 Å². The maximum Gasteiger partial charge on any atom is 0.422 e. The fourth-order valence-corrected chi connectivity index (χ4v) is 4.24. The number of carbonyl (C=O) groups is 2. The van der Waals surface area contributed by atoms with Crippen molar-refractivity contribution in [2.75, 3.05) is 12.4 Å². The average Bonchev–Trinajstić information content (AvgIpc) is 3.06. The maximum absolute atomic E-state index is 13.3. The zero-order chi connectivity index (χ0) is 23.7. The quantitative estimate of drug-likeness (QED) is 0.681. The van der Waals surface area contributed by atoms with Crippen molar-refractivity contribution in [3.8, 4) is 0 Å². The monoisotopic (exact) mass is 470 g/mol. The number of oxazole rings is 1. The first-order chi connectivity index (χ1) is 14.8. The Hall–Kier alpha value is -2.89. The van der Waals surface area contributed by atoms with Gasteiger partial charge in [0.05, 0.1) is 0 Å². The van der Waals surface area contributed by atoms with Crippen molar-refractivity contribution >= 4 is 39.3 Å². The molecule has 2 N–H and O–H groups in total. The number of hydrogen-bond acceptors (Lipinski definition) is 8. The summed E-state index contributed by atoms with van der Waals surface area (Å²) in [5.41, 5.74) is -0.0149. The number of benzene rings is 1. The molecule has 1 aliphatic carbocycles. The number of fused-ring (bicyclic) bond motifs is 1. The molecule has 0 aliphatic heterocycles. The van der Waals surface area contributed by atoms with Gasteiger partial charge < -0.3 is 14.5 Å². The zero-order valence-corrected chi connectivity index (χ0v) is 19.2. The Morgan fingerprint density at radius 2 is 1.88 bits per heavy atom. The Balaban J connectivity index is 1.54. The highest BCUT2D eigenvalue weighted by molar-refractivity contribution is 7.88. The topological polar surface area (TPSA) is 131 Å². The molecule has 12 heteroatoms. The Bertz CT molecular complexity index is 1100. The normalized spacial score (nSPS) is 19.4. The Labute approximate surface area is 185 Å². The molecule has 0 bridgehead atoms. The van der Waals surface area contributed by atoms with Crippen LogP contribution in [0, 0.1) is 11.7 Å². The molecule has 3 rings (SSSR count). The highest BCUT2D eigenvalue weighted by Gasteiger charge is 2.34. The van der Waals surface area contributed by atoms with Crippen LogP contribution in [0.3, 0.4) is 0 Å². The molecule has 2 aromatic rings. The second-order valence-corrected chi connectivity index (χ2v) is 10.4. The summed E-state index contributed by atoms with van der Waals surface area (Å²) in [7, 11) is -3.26. The summed E-state index contributed by atoms with van der Waals surface area (Å²) in [6.07, 6.45) is 0.895. The molecular formula is C20H27FN4O6S. The molecular weight excluding hydrogens is 443 g/mol. The fourth-order valence-electron chi connectivity index (χ4n) is 3.47. The lowest BCUT2D eigenvalue weighted by Gasteiger charge is -2.30. The van der Waals surface area contributed by atoms with Crippen LogP contribution in [0.25, 0.3) is 11.1 Å². The molecule has 0 spiro atoms. The summed E-state index contributed by atoms with van der Waals surface area (Å²) in [4.78, 5) is 28.7. The van der Waals surface area contributed by atoms with E-state index < -0.39 is 39.5 Å². The molecule has 0 unspecified atom stereocenters. The van der Waals surface area contributed by atoms with Crippen molar-refractivity contribution in [2.24, 2.45) is 5.92 Å². The number of anilines is 1. The third-order valence-electron chi connectivity index (χ3n) is 5.04. The number of nitrogens with zero attached hydrogens (tertiary/aromatic N) is 2. The summed E-state index contributed by atoms with van der Waals surface area (Å²) in [6, 6.07) is 4.31. The van der Waals surface area contributed by atoms with Gasteiger partial charge in [0.1, 0.15) is 16.9 Å². The van der Waals surface area contributed by atoms with Gasteiger partial charge in [-0.1, -0.05) is 0 Å². The molecule has 0 radical (unpaired) electrons. The molecule has 176 valence electrons. The van der Waals surface area contributed by atoms with Crippen molar-refractivity contribution < 1.29 is 31.6 Å². The number of hydrogen-bond donors (Lipinski definition) is 2. The van der Waals surface area contributed by atoms with Crippen LogP contribution in [-0.2, 0) is 19.7 Å². The van der Waals surface area contributed by atoms with Crippen LogP contribution in [0.1, 0.15) is 46.5 Å². The molecule has 0 atom stereocenters. The standard InChI is InChI=1S/C20H27FN4O6S/c1-20(2,3)31-19(27)24-32(28,29)25(4)17(26)12-5-8-14(9-6-12)22-18-23-15-10-7-13(21)11-16(15)30-18/h7,10-12,14H,5-6,8-9H2,1-4H3,(H,22,23)(H,24,27). The molecule has 1 aliphatic rings. The Kier molecular flexibility index (Phi) is 6.63. The van der Waals surface area contributed by atoms with E-state index in [0.29, 0.717) is 41.1 Å². The Morgan fingerprint density at radius 3 is 2.50 bits per heavy atom. The highest BCUT2D eigenvalue weighted by atomic mass is 32.2. The van der Waals surface area contributed by atoms with Crippen LogP contribution in [0.2, 0.25) is 0 Å². The molecule has 1 fully saturated rings. The zero-order valence-electron chi connectivity index (χ0n) is 18.3. The number of rotatable bonds is 5. The van der Waals surface area contributed by atoms with Gasteiger partial charge in [0.15, 0.2) is 5.58 Å². The Morgan fingerprint density at radius 1 is 1.22 bits per heavy atom. The average molecular weight is 471 g/mol. The van der Waals surface area contributed by atoms with E-state index in [1.807, 2.05) is 0 Å². The van der Waals surface area contributed by atoms with Crippen LogP contribution in [-0.4, -0.2) is 48.4 Å². The highest BCUT2D eigenvalue weighted by Crippen LogP contribution is 2.29. The van der Waals surface area contributed by atoms with Crippen molar-refractivity contribution in [3.05, 3.63) is 24.0 Å². The number of amides is 2. The molecule has 1 heterocycles. The first-order valence-corrected chi connectivity index (χ1v) is 11.6.